The number of anilines is 1. The molecule has 2 aromatic heterocycles. The van der Waals surface area contributed by atoms with E-state index in [-0.39, 0.29) is 16.8 Å². The van der Waals surface area contributed by atoms with Crippen molar-refractivity contribution in [3.05, 3.63) is 46.8 Å². The molecule has 0 saturated heterocycles. The summed E-state index contributed by atoms with van der Waals surface area (Å²) in [4.78, 5) is 17.9. The Kier molecular flexibility index (Phi) is 5.70. The molecule has 0 saturated carbocycles. The Morgan fingerprint density at radius 1 is 1.13 bits per heavy atom. The first-order valence-electron chi connectivity index (χ1n) is 9.63. The van der Waals surface area contributed by atoms with Crippen molar-refractivity contribution in [2.24, 2.45) is 0 Å². The van der Waals surface area contributed by atoms with E-state index < -0.39 is 10.0 Å². The normalized spacial score (nSPS) is 12.2. The molecule has 0 aliphatic rings. The first-order chi connectivity index (χ1) is 13.9. The Balaban J connectivity index is 2.08. The molecular formula is C21H27N5O3S. The summed E-state index contributed by atoms with van der Waals surface area (Å²) in [6, 6.07) is 4.93. The molecule has 1 N–H and O–H groups in total. The molecule has 0 aliphatic heterocycles. The highest BCUT2D eigenvalue weighted by molar-refractivity contribution is 7.89. The number of carbonyl (C=O) groups is 1. The van der Waals surface area contributed by atoms with Gasteiger partial charge in [0.1, 0.15) is 0 Å². The number of benzene rings is 1. The molecule has 0 atom stereocenters. The Morgan fingerprint density at radius 3 is 2.40 bits per heavy atom. The topological polar surface area (TPSA) is 97.2 Å². The first kappa shape index (κ1) is 21.9. The molecule has 3 aromatic rings. The lowest BCUT2D eigenvalue weighted by atomic mass is 10.1. The number of carbonyl (C=O) groups excluding carboxylic acids is 1. The number of amides is 1. The van der Waals surface area contributed by atoms with E-state index in [0.29, 0.717) is 28.0 Å². The zero-order chi connectivity index (χ0) is 22.4. The molecule has 0 aliphatic carbocycles. The molecule has 160 valence electrons. The Hall–Kier alpha value is -2.78. The maximum absolute atomic E-state index is 13.2. The monoisotopic (exact) mass is 429 g/mol. The summed E-state index contributed by atoms with van der Waals surface area (Å²) in [6.07, 6.45) is 1.64. The molecule has 1 amide bonds. The highest BCUT2D eigenvalue weighted by atomic mass is 32.2. The van der Waals surface area contributed by atoms with Gasteiger partial charge in [0, 0.05) is 31.5 Å². The summed E-state index contributed by atoms with van der Waals surface area (Å²) in [5.74, 6) is -0.337. The number of hydrogen-bond acceptors (Lipinski definition) is 5. The van der Waals surface area contributed by atoms with Crippen LogP contribution in [-0.4, -0.2) is 47.5 Å². The van der Waals surface area contributed by atoms with E-state index in [2.05, 4.69) is 15.4 Å². The molecule has 1 aromatic carbocycles. The standard InChI is InChI=1S/C21H27N5O3S/c1-12(2)26-20-18(11-22-26)17(9-14(4)23-20)21(27)24-19-10-16(8-13(3)15(19)5)30(28,29)25(6)7/h8-12H,1-7H3,(H,24,27). The van der Waals surface area contributed by atoms with Crippen LogP contribution in [0.2, 0.25) is 0 Å². The van der Waals surface area contributed by atoms with Crippen molar-refractivity contribution < 1.29 is 13.2 Å². The van der Waals surface area contributed by atoms with Gasteiger partial charge in [-0.05, 0) is 63.9 Å². The third kappa shape index (κ3) is 3.82. The maximum Gasteiger partial charge on any atom is 0.256 e. The van der Waals surface area contributed by atoms with E-state index in [0.717, 1.165) is 15.4 Å². The zero-order valence-electron chi connectivity index (χ0n) is 18.3. The van der Waals surface area contributed by atoms with Crippen molar-refractivity contribution in [3.63, 3.8) is 0 Å². The fourth-order valence-corrected chi connectivity index (χ4v) is 4.23. The summed E-state index contributed by atoms with van der Waals surface area (Å²) in [5, 5.41) is 7.91. The molecule has 0 spiro atoms. The average molecular weight is 430 g/mol. The van der Waals surface area contributed by atoms with Crippen LogP contribution >= 0.6 is 0 Å². The maximum atomic E-state index is 13.2. The van der Waals surface area contributed by atoms with E-state index in [9.17, 15) is 13.2 Å². The summed E-state index contributed by atoms with van der Waals surface area (Å²) < 4.78 is 28.1. The van der Waals surface area contributed by atoms with Gasteiger partial charge in [-0.15, -0.1) is 0 Å². The second-order valence-corrected chi connectivity index (χ2v) is 10.0. The van der Waals surface area contributed by atoms with E-state index >= 15 is 0 Å². The van der Waals surface area contributed by atoms with Gasteiger partial charge in [-0.3, -0.25) is 4.79 Å². The molecule has 0 unspecified atom stereocenters. The van der Waals surface area contributed by atoms with Gasteiger partial charge >= 0.3 is 0 Å². The number of rotatable bonds is 5. The van der Waals surface area contributed by atoms with Crippen LogP contribution in [0.1, 0.15) is 47.1 Å². The summed E-state index contributed by atoms with van der Waals surface area (Å²) in [5.41, 5.74) is 3.83. The van der Waals surface area contributed by atoms with Crippen LogP contribution in [-0.2, 0) is 10.0 Å². The van der Waals surface area contributed by atoms with Crippen molar-refractivity contribution in [2.75, 3.05) is 19.4 Å². The van der Waals surface area contributed by atoms with Crippen LogP contribution in [0.15, 0.2) is 29.3 Å². The molecular weight excluding hydrogens is 402 g/mol. The van der Waals surface area contributed by atoms with E-state index in [1.165, 1.54) is 20.2 Å². The highest BCUT2D eigenvalue weighted by Crippen LogP contribution is 2.27. The molecule has 2 heterocycles. The van der Waals surface area contributed by atoms with Crippen molar-refractivity contribution in [1.82, 2.24) is 19.1 Å². The minimum atomic E-state index is -3.63. The predicted molar refractivity (Wildman–Crippen MR) is 117 cm³/mol. The van der Waals surface area contributed by atoms with Crippen LogP contribution in [0.4, 0.5) is 5.69 Å². The SMILES string of the molecule is Cc1cc(C(=O)Nc2cc(S(=O)(=O)N(C)C)cc(C)c2C)c2cnn(C(C)C)c2n1. The van der Waals surface area contributed by atoms with Gasteiger partial charge in [-0.2, -0.15) is 5.10 Å². The zero-order valence-corrected chi connectivity index (χ0v) is 19.1. The van der Waals surface area contributed by atoms with Crippen LogP contribution < -0.4 is 5.32 Å². The second-order valence-electron chi connectivity index (χ2n) is 7.89. The number of aromatic nitrogens is 3. The Bertz CT molecular complexity index is 1240. The van der Waals surface area contributed by atoms with E-state index in [4.69, 9.17) is 0 Å². The van der Waals surface area contributed by atoms with Crippen molar-refractivity contribution in [3.8, 4) is 0 Å². The van der Waals surface area contributed by atoms with E-state index in [1.54, 1.807) is 23.0 Å². The molecule has 0 fully saturated rings. The fraction of sp³-hybridized carbons (Fsp3) is 0.381. The van der Waals surface area contributed by atoms with Gasteiger partial charge < -0.3 is 5.32 Å². The quantitative estimate of drug-likeness (QED) is 0.670. The lowest BCUT2D eigenvalue weighted by Crippen LogP contribution is -2.23. The van der Waals surface area contributed by atoms with Crippen LogP contribution in [0.5, 0.6) is 0 Å². The van der Waals surface area contributed by atoms with Gasteiger partial charge in [-0.25, -0.2) is 22.4 Å². The summed E-state index contributed by atoms with van der Waals surface area (Å²) >= 11 is 0. The van der Waals surface area contributed by atoms with Gasteiger partial charge in [-0.1, -0.05) is 0 Å². The number of nitrogens with zero attached hydrogens (tertiary/aromatic N) is 4. The van der Waals surface area contributed by atoms with E-state index in [1.807, 2.05) is 34.6 Å². The average Bonchev–Trinajstić information content (AvgIpc) is 3.08. The lowest BCUT2D eigenvalue weighted by molar-refractivity contribution is 0.102. The van der Waals surface area contributed by atoms with Gasteiger partial charge in [0.15, 0.2) is 5.65 Å². The highest BCUT2D eigenvalue weighted by Gasteiger charge is 2.22. The molecule has 0 radical (unpaired) electrons. The number of pyridine rings is 1. The summed E-state index contributed by atoms with van der Waals surface area (Å²) in [7, 11) is -0.672. The Labute approximate surface area is 177 Å². The predicted octanol–water partition coefficient (Wildman–Crippen LogP) is 3.44. The number of nitrogens with one attached hydrogen (secondary N) is 1. The fourth-order valence-electron chi connectivity index (χ4n) is 3.21. The lowest BCUT2D eigenvalue weighted by Gasteiger charge is -2.17. The third-order valence-corrected chi connectivity index (χ3v) is 6.89. The van der Waals surface area contributed by atoms with Gasteiger partial charge in [0.2, 0.25) is 10.0 Å². The van der Waals surface area contributed by atoms with Crippen molar-refractivity contribution in [2.45, 2.75) is 45.6 Å². The van der Waals surface area contributed by atoms with Gasteiger partial charge in [0.05, 0.1) is 22.0 Å². The smallest absolute Gasteiger partial charge is 0.256 e. The minimum absolute atomic E-state index is 0.102. The molecule has 30 heavy (non-hydrogen) atoms. The molecule has 3 rings (SSSR count). The number of sulfonamides is 1. The molecule has 8 nitrogen and oxygen atoms in total. The molecule has 9 heteroatoms. The summed E-state index contributed by atoms with van der Waals surface area (Å²) in [6.45, 7) is 9.49. The van der Waals surface area contributed by atoms with Crippen LogP contribution in [0.25, 0.3) is 11.0 Å². The minimum Gasteiger partial charge on any atom is -0.322 e. The Morgan fingerprint density at radius 2 is 1.80 bits per heavy atom. The van der Waals surface area contributed by atoms with Crippen LogP contribution in [0, 0.1) is 20.8 Å². The number of aryl methyl sites for hydroxylation is 2. The van der Waals surface area contributed by atoms with Crippen molar-refractivity contribution in [1.29, 1.82) is 0 Å². The third-order valence-electron chi connectivity index (χ3n) is 5.10. The van der Waals surface area contributed by atoms with Crippen LogP contribution in [0.3, 0.4) is 0 Å². The number of fused-ring (bicyclic) bond motifs is 1. The molecule has 0 bridgehead atoms. The van der Waals surface area contributed by atoms with Gasteiger partial charge in [0.25, 0.3) is 5.91 Å². The second kappa shape index (κ2) is 7.81. The largest absolute Gasteiger partial charge is 0.322 e. The first-order valence-corrected chi connectivity index (χ1v) is 11.1. The van der Waals surface area contributed by atoms with Crippen molar-refractivity contribution >= 4 is 32.7 Å². The number of hydrogen-bond donors (Lipinski definition) is 1.